The number of thiophene rings is 1. The first-order valence-electron chi connectivity index (χ1n) is 5.01. The molecule has 0 aliphatic heterocycles. The van der Waals surface area contributed by atoms with E-state index in [1.807, 2.05) is 12.3 Å². The molecular formula is C10H18IN3OS. The number of hydrogen-bond acceptors (Lipinski definition) is 3. The van der Waals surface area contributed by atoms with Crippen LogP contribution in [0.2, 0.25) is 0 Å². The molecule has 0 spiro atoms. The van der Waals surface area contributed by atoms with Gasteiger partial charge < -0.3 is 15.7 Å². The minimum Gasteiger partial charge on any atom is -0.395 e. The Morgan fingerprint density at radius 2 is 2.31 bits per heavy atom. The Hall–Kier alpha value is -0.340. The predicted molar refractivity (Wildman–Crippen MR) is 79.6 cm³/mol. The number of nitrogens with zero attached hydrogens (tertiary/aromatic N) is 1. The second kappa shape index (κ2) is 9.86. The van der Waals surface area contributed by atoms with Gasteiger partial charge in [0.1, 0.15) is 0 Å². The van der Waals surface area contributed by atoms with E-state index in [1.54, 1.807) is 11.3 Å². The summed E-state index contributed by atoms with van der Waals surface area (Å²) in [6.07, 6.45) is 0. The van der Waals surface area contributed by atoms with Gasteiger partial charge in [0, 0.05) is 13.1 Å². The molecule has 1 heterocycles. The standard InChI is InChI=1S/C10H17N3OS.HI/c1-2-11-10(12-4-5-14)13-7-9-3-6-15-8-9;/h3,6,8,14H,2,4-5,7H2,1H3,(H2,11,12,13);1H. The number of aliphatic hydroxyl groups is 1. The number of hydrogen-bond donors (Lipinski definition) is 3. The number of aliphatic hydroxyl groups excluding tert-OH is 1. The zero-order valence-corrected chi connectivity index (χ0v) is 12.4. The van der Waals surface area contributed by atoms with Crippen molar-refractivity contribution in [3.05, 3.63) is 22.4 Å². The molecule has 0 bridgehead atoms. The van der Waals surface area contributed by atoms with Crippen LogP contribution in [0.15, 0.2) is 21.8 Å². The van der Waals surface area contributed by atoms with Crippen LogP contribution >= 0.6 is 35.3 Å². The molecule has 0 amide bonds. The second-order valence-electron chi connectivity index (χ2n) is 2.98. The lowest BCUT2D eigenvalue weighted by molar-refractivity contribution is 0.300. The molecule has 16 heavy (non-hydrogen) atoms. The quantitative estimate of drug-likeness (QED) is 0.425. The summed E-state index contributed by atoms with van der Waals surface area (Å²) < 4.78 is 0. The number of halogens is 1. The van der Waals surface area contributed by atoms with Crippen LogP contribution in [0.3, 0.4) is 0 Å². The summed E-state index contributed by atoms with van der Waals surface area (Å²) in [5.74, 6) is 0.748. The minimum atomic E-state index is 0. The molecule has 0 aromatic carbocycles. The summed E-state index contributed by atoms with van der Waals surface area (Å²) in [6, 6.07) is 2.06. The van der Waals surface area contributed by atoms with Crippen LogP contribution in [0.1, 0.15) is 12.5 Å². The Balaban J connectivity index is 0.00000225. The summed E-state index contributed by atoms with van der Waals surface area (Å²) in [7, 11) is 0. The third-order valence-electron chi connectivity index (χ3n) is 1.75. The number of guanidine groups is 1. The maximum Gasteiger partial charge on any atom is 0.191 e. The van der Waals surface area contributed by atoms with E-state index in [0.717, 1.165) is 12.5 Å². The highest BCUT2D eigenvalue weighted by atomic mass is 127. The summed E-state index contributed by atoms with van der Waals surface area (Å²) in [6.45, 7) is 4.14. The van der Waals surface area contributed by atoms with Gasteiger partial charge in [0.2, 0.25) is 0 Å². The summed E-state index contributed by atoms with van der Waals surface area (Å²) in [5, 5.41) is 19.0. The fourth-order valence-corrected chi connectivity index (χ4v) is 1.73. The molecule has 0 atom stereocenters. The van der Waals surface area contributed by atoms with Gasteiger partial charge in [-0.15, -0.1) is 24.0 Å². The Morgan fingerprint density at radius 3 is 2.88 bits per heavy atom. The predicted octanol–water partition coefficient (Wildman–Crippen LogP) is 1.41. The van der Waals surface area contributed by atoms with Gasteiger partial charge >= 0.3 is 0 Å². The molecule has 0 fully saturated rings. The molecule has 0 aliphatic rings. The van der Waals surface area contributed by atoms with Gasteiger partial charge in [-0.3, -0.25) is 0 Å². The lowest BCUT2D eigenvalue weighted by Crippen LogP contribution is -2.38. The molecule has 1 rings (SSSR count). The SMILES string of the molecule is CCNC(=NCc1ccsc1)NCCO.I. The lowest BCUT2D eigenvalue weighted by atomic mass is 10.3. The first-order valence-corrected chi connectivity index (χ1v) is 5.95. The highest BCUT2D eigenvalue weighted by Gasteiger charge is 1.96. The molecule has 0 saturated carbocycles. The van der Waals surface area contributed by atoms with Gasteiger partial charge in [-0.25, -0.2) is 4.99 Å². The van der Waals surface area contributed by atoms with Crippen LogP contribution < -0.4 is 10.6 Å². The van der Waals surface area contributed by atoms with Crippen molar-refractivity contribution in [1.29, 1.82) is 0 Å². The minimum absolute atomic E-state index is 0. The Bertz CT molecular complexity index is 290. The molecule has 0 radical (unpaired) electrons. The second-order valence-corrected chi connectivity index (χ2v) is 3.76. The first kappa shape index (κ1) is 15.7. The smallest absolute Gasteiger partial charge is 0.191 e. The molecule has 0 unspecified atom stereocenters. The van der Waals surface area contributed by atoms with Gasteiger partial charge in [0.05, 0.1) is 13.2 Å². The van der Waals surface area contributed by atoms with Gasteiger partial charge in [0.15, 0.2) is 5.96 Å². The largest absolute Gasteiger partial charge is 0.395 e. The van der Waals surface area contributed by atoms with E-state index in [0.29, 0.717) is 13.1 Å². The average Bonchev–Trinajstić information content (AvgIpc) is 2.75. The molecule has 3 N–H and O–H groups in total. The van der Waals surface area contributed by atoms with Crippen LogP contribution in [0.5, 0.6) is 0 Å². The van der Waals surface area contributed by atoms with Crippen LogP contribution in [0, 0.1) is 0 Å². The lowest BCUT2D eigenvalue weighted by Gasteiger charge is -2.09. The average molecular weight is 355 g/mol. The van der Waals surface area contributed by atoms with Crippen molar-refractivity contribution in [2.75, 3.05) is 19.7 Å². The fourth-order valence-electron chi connectivity index (χ4n) is 1.07. The van der Waals surface area contributed by atoms with Crippen LogP contribution in [-0.4, -0.2) is 30.8 Å². The molecule has 0 aliphatic carbocycles. The Morgan fingerprint density at radius 1 is 1.50 bits per heavy atom. The Kier molecular flexibility index (Phi) is 9.65. The van der Waals surface area contributed by atoms with E-state index in [9.17, 15) is 0 Å². The summed E-state index contributed by atoms with van der Waals surface area (Å²) in [5.41, 5.74) is 1.21. The van der Waals surface area contributed by atoms with Crippen molar-refractivity contribution in [3.8, 4) is 0 Å². The van der Waals surface area contributed by atoms with Gasteiger partial charge in [0.25, 0.3) is 0 Å². The van der Waals surface area contributed by atoms with Gasteiger partial charge in [-0.05, 0) is 29.3 Å². The van der Waals surface area contributed by atoms with E-state index in [4.69, 9.17) is 5.11 Å². The van der Waals surface area contributed by atoms with E-state index in [2.05, 4.69) is 27.1 Å². The van der Waals surface area contributed by atoms with E-state index in [-0.39, 0.29) is 30.6 Å². The fraction of sp³-hybridized carbons (Fsp3) is 0.500. The Labute approximate surface area is 117 Å². The van der Waals surface area contributed by atoms with Crippen molar-refractivity contribution in [3.63, 3.8) is 0 Å². The molecule has 1 aromatic heterocycles. The van der Waals surface area contributed by atoms with Gasteiger partial charge in [-0.1, -0.05) is 0 Å². The van der Waals surface area contributed by atoms with Crippen molar-refractivity contribution in [2.24, 2.45) is 4.99 Å². The van der Waals surface area contributed by atoms with E-state index in [1.165, 1.54) is 5.56 Å². The monoisotopic (exact) mass is 355 g/mol. The van der Waals surface area contributed by atoms with Crippen molar-refractivity contribution in [1.82, 2.24) is 10.6 Å². The number of aliphatic imine (C=N–C) groups is 1. The molecular weight excluding hydrogens is 337 g/mol. The molecule has 6 heteroatoms. The van der Waals surface area contributed by atoms with E-state index < -0.39 is 0 Å². The molecule has 1 aromatic rings. The van der Waals surface area contributed by atoms with Crippen LogP contribution in [0.4, 0.5) is 0 Å². The highest BCUT2D eigenvalue weighted by Crippen LogP contribution is 2.06. The van der Waals surface area contributed by atoms with Gasteiger partial charge in [-0.2, -0.15) is 11.3 Å². The molecule has 4 nitrogen and oxygen atoms in total. The first-order chi connectivity index (χ1) is 7.36. The maximum atomic E-state index is 8.69. The zero-order valence-electron chi connectivity index (χ0n) is 9.27. The van der Waals surface area contributed by atoms with Crippen molar-refractivity contribution >= 4 is 41.3 Å². The topological polar surface area (TPSA) is 56.7 Å². The highest BCUT2D eigenvalue weighted by molar-refractivity contribution is 14.0. The molecule has 92 valence electrons. The number of rotatable bonds is 5. The maximum absolute atomic E-state index is 8.69. The third kappa shape index (κ3) is 6.29. The normalized spacial score (nSPS) is 10.8. The van der Waals surface area contributed by atoms with E-state index >= 15 is 0 Å². The van der Waals surface area contributed by atoms with Crippen molar-refractivity contribution in [2.45, 2.75) is 13.5 Å². The summed E-state index contributed by atoms with van der Waals surface area (Å²) in [4.78, 5) is 4.38. The number of nitrogens with one attached hydrogen (secondary N) is 2. The van der Waals surface area contributed by atoms with Crippen LogP contribution in [0.25, 0.3) is 0 Å². The summed E-state index contributed by atoms with van der Waals surface area (Å²) >= 11 is 1.67. The van der Waals surface area contributed by atoms with Crippen LogP contribution in [-0.2, 0) is 6.54 Å². The third-order valence-corrected chi connectivity index (χ3v) is 2.48. The van der Waals surface area contributed by atoms with Crippen molar-refractivity contribution < 1.29 is 5.11 Å². The zero-order chi connectivity index (χ0) is 10.9. The molecule has 0 saturated heterocycles.